The van der Waals surface area contributed by atoms with Crippen LogP contribution in [-0.2, 0) is 11.8 Å². The average molecular weight is 239 g/mol. The van der Waals surface area contributed by atoms with E-state index in [-0.39, 0.29) is 0 Å². The van der Waals surface area contributed by atoms with Gasteiger partial charge in [0.15, 0.2) is 0 Å². The van der Waals surface area contributed by atoms with Crippen LogP contribution in [0.25, 0.3) is 0 Å². The first-order valence-electron chi connectivity index (χ1n) is 6.44. The zero-order valence-corrected chi connectivity index (χ0v) is 11.4. The monoisotopic (exact) mass is 239 g/mol. The van der Waals surface area contributed by atoms with Crippen molar-refractivity contribution in [2.45, 2.75) is 45.8 Å². The molecular weight excluding hydrogens is 214 g/mol. The van der Waals surface area contributed by atoms with Crippen LogP contribution >= 0.6 is 0 Å². The molecule has 0 radical (unpaired) electrons. The van der Waals surface area contributed by atoms with Crippen LogP contribution in [0.2, 0.25) is 0 Å². The summed E-state index contributed by atoms with van der Waals surface area (Å²) in [5, 5.41) is 7.67. The fraction of sp³-hybridized carbons (Fsp3) is 0.769. The second-order valence-corrected chi connectivity index (χ2v) is 4.68. The Morgan fingerprint density at radius 1 is 1.35 bits per heavy atom. The number of hydrogen-bond acceptors (Lipinski definition) is 3. The topological polar surface area (TPSA) is 39.1 Å². The number of ether oxygens (including phenoxy) is 1. The van der Waals surface area contributed by atoms with E-state index in [0.717, 1.165) is 26.0 Å². The third kappa shape index (κ3) is 5.33. The SMILES string of the molecule is CC(C)OCCCCNC(C)c1ccnn1C. The van der Waals surface area contributed by atoms with E-state index >= 15 is 0 Å². The lowest BCUT2D eigenvalue weighted by Gasteiger charge is -2.14. The molecule has 1 unspecified atom stereocenters. The fourth-order valence-corrected chi connectivity index (χ4v) is 1.78. The van der Waals surface area contributed by atoms with E-state index in [1.807, 2.05) is 17.9 Å². The first kappa shape index (κ1) is 14.2. The molecule has 0 bridgehead atoms. The molecule has 0 amide bonds. The highest BCUT2D eigenvalue weighted by atomic mass is 16.5. The summed E-state index contributed by atoms with van der Waals surface area (Å²) in [6, 6.07) is 2.41. The minimum atomic E-state index is 0.344. The van der Waals surface area contributed by atoms with Gasteiger partial charge in [0.1, 0.15) is 0 Å². The van der Waals surface area contributed by atoms with Crippen molar-refractivity contribution in [1.29, 1.82) is 0 Å². The molecule has 1 atom stereocenters. The van der Waals surface area contributed by atoms with Gasteiger partial charge in [-0.05, 0) is 46.2 Å². The minimum Gasteiger partial charge on any atom is -0.379 e. The second kappa shape index (κ2) is 7.45. The number of aryl methyl sites for hydroxylation is 1. The highest BCUT2D eigenvalue weighted by molar-refractivity contribution is 5.04. The molecule has 0 aliphatic carbocycles. The molecule has 17 heavy (non-hydrogen) atoms. The van der Waals surface area contributed by atoms with Crippen LogP contribution in [0.5, 0.6) is 0 Å². The largest absolute Gasteiger partial charge is 0.379 e. The van der Waals surface area contributed by atoms with E-state index in [0.29, 0.717) is 12.1 Å². The molecule has 0 aromatic carbocycles. The van der Waals surface area contributed by atoms with Gasteiger partial charge in [0, 0.05) is 25.9 Å². The standard InChI is InChI=1S/C13H25N3O/c1-11(2)17-10-6-5-8-14-12(3)13-7-9-15-16(13)4/h7,9,11-12,14H,5-6,8,10H2,1-4H3. The molecule has 1 N–H and O–H groups in total. The molecule has 1 aromatic heterocycles. The van der Waals surface area contributed by atoms with Crippen LogP contribution in [0.1, 0.15) is 45.3 Å². The van der Waals surface area contributed by atoms with Crippen LogP contribution in [0, 0.1) is 0 Å². The van der Waals surface area contributed by atoms with Gasteiger partial charge >= 0.3 is 0 Å². The maximum atomic E-state index is 5.50. The summed E-state index contributed by atoms with van der Waals surface area (Å²) in [6.07, 6.45) is 4.44. The Labute approximate surface area is 104 Å². The van der Waals surface area contributed by atoms with Crippen molar-refractivity contribution in [3.63, 3.8) is 0 Å². The predicted molar refractivity (Wildman–Crippen MR) is 69.9 cm³/mol. The summed E-state index contributed by atoms with van der Waals surface area (Å²) in [5.74, 6) is 0. The first-order valence-corrected chi connectivity index (χ1v) is 6.44. The van der Waals surface area contributed by atoms with Crippen molar-refractivity contribution < 1.29 is 4.74 Å². The van der Waals surface area contributed by atoms with Gasteiger partial charge in [0.05, 0.1) is 11.8 Å². The molecule has 0 aliphatic rings. The smallest absolute Gasteiger partial charge is 0.0547 e. The maximum absolute atomic E-state index is 5.50. The lowest BCUT2D eigenvalue weighted by Crippen LogP contribution is -2.22. The van der Waals surface area contributed by atoms with Gasteiger partial charge in [-0.25, -0.2) is 0 Å². The molecule has 0 saturated heterocycles. The lowest BCUT2D eigenvalue weighted by atomic mass is 10.2. The normalized spacial score (nSPS) is 13.2. The van der Waals surface area contributed by atoms with E-state index in [4.69, 9.17) is 4.74 Å². The van der Waals surface area contributed by atoms with E-state index in [1.165, 1.54) is 5.69 Å². The van der Waals surface area contributed by atoms with E-state index in [2.05, 4.69) is 37.3 Å². The van der Waals surface area contributed by atoms with Crippen LogP contribution in [0.3, 0.4) is 0 Å². The van der Waals surface area contributed by atoms with Crippen molar-refractivity contribution in [3.8, 4) is 0 Å². The molecule has 4 heteroatoms. The number of nitrogens with zero attached hydrogens (tertiary/aromatic N) is 2. The predicted octanol–water partition coefficient (Wildman–Crippen LogP) is 2.28. The molecule has 1 rings (SSSR count). The number of hydrogen-bond donors (Lipinski definition) is 1. The number of nitrogens with one attached hydrogen (secondary N) is 1. The summed E-state index contributed by atoms with van der Waals surface area (Å²) in [6.45, 7) is 8.19. The quantitative estimate of drug-likeness (QED) is 0.707. The van der Waals surface area contributed by atoms with Crippen molar-refractivity contribution >= 4 is 0 Å². The minimum absolute atomic E-state index is 0.344. The lowest BCUT2D eigenvalue weighted by molar-refractivity contribution is 0.0759. The van der Waals surface area contributed by atoms with Gasteiger partial charge in [0.25, 0.3) is 0 Å². The number of aromatic nitrogens is 2. The molecule has 0 aliphatic heterocycles. The molecule has 0 spiro atoms. The zero-order chi connectivity index (χ0) is 12.7. The van der Waals surface area contributed by atoms with Gasteiger partial charge in [-0.2, -0.15) is 5.10 Å². The van der Waals surface area contributed by atoms with E-state index in [1.54, 1.807) is 0 Å². The van der Waals surface area contributed by atoms with Crippen LogP contribution in [-0.4, -0.2) is 29.0 Å². The summed E-state index contributed by atoms with van der Waals surface area (Å²) >= 11 is 0. The van der Waals surface area contributed by atoms with Crippen molar-refractivity contribution in [2.24, 2.45) is 7.05 Å². The molecular formula is C13H25N3O. The molecule has 0 fully saturated rings. The van der Waals surface area contributed by atoms with Gasteiger partial charge in [-0.3, -0.25) is 4.68 Å². The van der Waals surface area contributed by atoms with E-state index < -0.39 is 0 Å². The van der Waals surface area contributed by atoms with Crippen molar-refractivity contribution in [1.82, 2.24) is 15.1 Å². The summed E-state index contributed by atoms with van der Waals surface area (Å²) in [5.41, 5.74) is 1.23. The highest BCUT2D eigenvalue weighted by Gasteiger charge is 2.07. The van der Waals surface area contributed by atoms with Crippen LogP contribution < -0.4 is 5.32 Å². The molecule has 98 valence electrons. The van der Waals surface area contributed by atoms with Gasteiger partial charge in [-0.15, -0.1) is 0 Å². The molecule has 1 aromatic rings. The highest BCUT2D eigenvalue weighted by Crippen LogP contribution is 2.09. The Morgan fingerprint density at radius 2 is 2.12 bits per heavy atom. The number of unbranched alkanes of at least 4 members (excludes halogenated alkanes) is 1. The molecule has 0 saturated carbocycles. The third-order valence-electron chi connectivity index (χ3n) is 2.78. The third-order valence-corrected chi connectivity index (χ3v) is 2.78. The molecule has 4 nitrogen and oxygen atoms in total. The Morgan fingerprint density at radius 3 is 2.71 bits per heavy atom. The van der Waals surface area contributed by atoms with E-state index in [9.17, 15) is 0 Å². The summed E-state index contributed by atoms with van der Waals surface area (Å²) < 4.78 is 7.41. The van der Waals surface area contributed by atoms with Gasteiger partial charge < -0.3 is 10.1 Å². The summed E-state index contributed by atoms with van der Waals surface area (Å²) in [4.78, 5) is 0. The van der Waals surface area contributed by atoms with Crippen molar-refractivity contribution in [3.05, 3.63) is 18.0 Å². The fourth-order valence-electron chi connectivity index (χ4n) is 1.78. The Bertz CT molecular complexity index is 309. The van der Waals surface area contributed by atoms with Crippen molar-refractivity contribution in [2.75, 3.05) is 13.2 Å². The first-order chi connectivity index (χ1) is 8.11. The maximum Gasteiger partial charge on any atom is 0.0547 e. The summed E-state index contributed by atoms with van der Waals surface area (Å²) in [7, 11) is 1.98. The zero-order valence-electron chi connectivity index (χ0n) is 11.4. The van der Waals surface area contributed by atoms with Gasteiger partial charge in [0.2, 0.25) is 0 Å². The van der Waals surface area contributed by atoms with Crippen LogP contribution in [0.4, 0.5) is 0 Å². The molecule has 1 heterocycles. The Balaban J connectivity index is 2.09. The van der Waals surface area contributed by atoms with Crippen LogP contribution in [0.15, 0.2) is 12.3 Å². The number of rotatable bonds is 8. The Kier molecular flexibility index (Phi) is 6.22. The average Bonchev–Trinajstić information content (AvgIpc) is 2.69. The second-order valence-electron chi connectivity index (χ2n) is 4.68. The van der Waals surface area contributed by atoms with Gasteiger partial charge in [-0.1, -0.05) is 0 Å². The Hall–Kier alpha value is -0.870.